The van der Waals surface area contributed by atoms with Gasteiger partial charge in [0.05, 0.1) is 12.7 Å². The van der Waals surface area contributed by atoms with Gasteiger partial charge in [-0.05, 0) is 44.6 Å². The standard InChI is InChI=1S/C14H23NO2/c1-4-14(16)12-6-8-13(9-7-12)17-11-5-10-15(2)3/h6-9,14,16H,4-5,10-11H2,1-3H3. The highest BCUT2D eigenvalue weighted by atomic mass is 16.5. The van der Waals surface area contributed by atoms with Crippen LogP contribution in [0.25, 0.3) is 0 Å². The first-order chi connectivity index (χ1) is 8.13. The van der Waals surface area contributed by atoms with Gasteiger partial charge in [0.25, 0.3) is 0 Å². The second-order valence-electron chi connectivity index (χ2n) is 4.50. The first kappa shape index (κ1) is 14.0. The summed E-state index contributed by atoms with van der Waals surface area (Å²) in [5, 5.41) is 9.65. The molecule has 0 aromatic heterocycles. The maximum absolute atomic E-state index is 9.65. The van der Waals surface area contributed by atoms with E-state index in [0.717, 1.165) is 37.3 Å². The van der Waals surface area contributed by atoms with E-state index in [1.54, 1.807) is 0 Å². The summed E-state index contributed by atoms with van der Waals surface area (Å²) < 4.78 is 5.62. The number of aliphatic hydroxyl groups is 1. The molecule has 0 radical (unpaired) electrons. The largest absolute Gasteiger partial charge is 0.494 e. The molecule has 0 amide bonds. The predicted octanol–water partition coefficient (Wildman–Crippen LogP) is 2.46. The molecule has 96 valence electrons. The Morgan fingerprint density at radius 2 is 1.88 bits per heavy atom. The molecule has 3 nitrogen and oxygen atoms in total. The highest BCUT2D eigenvalue weighted by Crippen LogP contribution is 2.19. The van der Waals surface area contributed by atoms with Crippen molar-refractivity contribution in [2.45, 2.75) is 25.9 Å². The van der Waals surface area contributed by atoms with Crippen LogP contribution >= 0.6 is 0 Å². The normalized spacial score (nSPS) is 12.8. The van der Waals surface area contributed by atoms with E-state index in [1.807, 2.05) is 31.2 Å². The molecule has 0 bridgehead atoms. The third kappa shape index (κ3) is 5.20. The van der Waals surface area contributed by atoms with Crippen LogP contribution in [0.4, 0.5) is 0 Å². The Balaban J connectivity index is 2.35. The summed E-state index contributed by atoms with van der Waals surface area (Å²) in [6.45, 7) is 3.73. The number of hydrogen-bond donors (Lipinski definition) is 1. The van der Waals surface area contributed by atoms with Gasteiger partial charge in [-0.1, -0.05) is 19.1 Å². The second kappa shape index (κ2) is 7.30. The number of ether oxygens (including phenoxy) is 1. The third-order valence-corrected chi connectivity index (χ3v) is 2.67. The first-order valence-electron chi connectivity index (χ1n) is 6.19. The van der Waals surface area contributed by atoms with E-state index in [-0.39, 0.29) is 6.10 Å². The highest BCUT2D eigenvalue weighted by molar-refractivity contribution is 5.28. The Morgan fingerprint density at radius 1 is 1.24 bits per heavy atom. The molecule has 0 saturated carbocycles. The summed E-state index contributed by atoms with van der Waals surface area (Å²) >= 11 is 0. The van der Waals surface area contributed by atoms with E-state index in [9.17, 15) is 5.11 Å². The molecule has 0 fully saturated rings. The zero-order chi connectivity index (χ0) is 12.7. The van der Waals surface area contributed by atoms with Crippen molar-refractivity contribution in [2.24, 2.45) is 0 Å². The summed E-state index contributed by atoms with van der Waals surface area (Å²) in [5.41, 5.74) is 0.952. The molecule has 0 spiro atoms. The molecule has 1 rings (SSSR count). The molecule has 0 heterocycles. The van der Waals surface area contributed by atoms with E-state index in [2.05, 4.69) is 19.0 Å². The van der Waals surface area contributed by atoms with Gasteiger partial charge in [0, 0.05) is 6.54 Å². The van der Waals surface area contributed by atoms with Crippen molar-refractivity contribution in [1.82, 2.24) is 4.90 Å². The van der Waals surface area contributed by atoms with E-state index in [1.165, 1.54) is 0 Å². The van der Waals surface area contributed by atoms with E-state index < -0.39 is 0 Å². The first-order valence-corrected chi connectivity index (χ1v) is 6.19. The van der Waals surface area contributed by atoms with Gasteiger partial charge in [-0.15, -0.1) is 0 Å². The number of rotatable bonds is 7. The summed E-state index contributed by atoms with van der Waals surface area (Å²) in [4.78, 5) is 2.14. The summed E-state index contributed by atoms with van der Waals surface area (Å²) in [6, 6.07) is 7.69. The van der Waals surface area contributed by atoms with Crippen LogP contribution in [0.5, 0.6) is 5.75 Å². The Kier molecular flexibility index (Phi) is 6.01. The van der Waals surface area contributed by atoms with Crippen LogP contribution in [0, 0.1) is 0 Å². The van der Waals surface area contributed by atoms with Gasteiger partial charge in [0.1, 0.15) is 5.75 Å². The molecular formula is C14H23NO2. The lowest BCUT2D eigenvalue weighted by molar-refractivity contribution is 0.173. The van der Waals surface area contributed by atoms with Gasteiger partial charge in [-0.2, -0.15) is 0 Å². The van der Waals surface area contributed by atoms with Crippen molar-refractivity contribution in [3.05, 3.63) is 29.8 Å². The second-order valence-corrected chi connectivity index (χ2v) is 4.50. The van der Waals surface area contributed by atoms with Crippen LogP contribution in [0.3, 0.4) is 0 Å². The fourth-order valence-corrected chi connectivity index (χ4v) is 1.59. The van der Waals surface area contributed by atoms with Crippen LogP contribution < -0.4 is 4.74 Å². The minimum absolute atomic E-state index is 0.363. The molecule has 17 heavy (non-hydrogen) atoms. The van der Waals surface area contributed by atoms with Gasteiger partial charge in [-0.3, -0.25) is 0 Å². The average molecular weight is 237 g/mol. The molecule has 3 heteroatoms. The van der Waals surface area contributed by atoms with Crippen LogP contribution in [-0.2, 0) is 0 Å². The van der Waals surface area contributed by atoms with Gasteiger partial charge in [-0.25, -0.2) is 0 Å². The smallest absolute Gasteiger partial charge is 0.119 e. The van der Waals surface area contributed by atoms with E-state index >= 15 is 0 Å². The molecular weight excluding hydrogens is 214 g/mol. The van der Waals surface area contributed by atoms with Crippen molar-refractivity contribution >= 4 is 0 Å². The molecule has 0 aliphatic carbocycles. The Bertz CT molecular complexity index is 309. The minimum atomic E-state index is -0.363. The zero-order valence-electron chi connectivity index (χ0n) is 11.0. The minimum Gasteiger partial charge on any atom is -0.494 e. The van der Waals surface area contributed by atoms with Gasteiger partial charge < -0.3 is 14.7 Å². The lowest BCUT2D eigenvalue weighted by atomic mass is 10.1. The molecule has 1 aromatic rings. The van der Waals surface area contributed by atoms with Gasteiger partial charge in [0.15, 0.2) is 0 Å². The Labute approximate surface area is 104 Å². The average Bonchev–Trinajstić information content (AvgIpc) is 2.34. The van der Waals surface area contributed by atoms with E-state index in [0.29, 0.717) is 0 Å². The molecule has 1 aromatic carbocycles. The van der Waals surface area contributed by atoms with Crippen molar-refractivity contribution in [3.63, 3.8) is 0 Å². The van der Waals surface area contributed by atoms with Crippen molar-refractivity contribution < 1.29 is 9.84 Å². The molecule has 1 atom stereocenters. The Hall–Kier alpha value is -1.06. The topological polar surface area (TPSA) is 32.7 Å². The maximum Gasteiger partial charge on any atom is 0.119 e. The lowest BCUT2D eigenvalue weighted by Gasteiger charge is -2.11. The van der Waals surface area contributed by atoms with Crippen molar-refractivity contribution in [3.8, 4) is 5.75 Å². The summed E-state index contributed by atoms with van der Waals surface area (Å²) in [5.74, 6) is 0.871. The fourth-order valence-electron chi connectivity index (χ4n) is 1.59. The predicted molar refractivity (Wildman–Crippen MR) is 70.4 cm³/mol. The molecule has 0 aliphatic rings. The Morgan fingerprint density at radius 3 is 2.41 bits per heavy atom. The molecule has 0 aliphatic heterocycles. The number of aliphatic hydroxyl groups excluding tert-OH is 1. The quantitative estimate of drug-likeness (QED) is 0.739. The fraction of sp³-hybridized carbons (Fsp3) is 0.571. The summed E-state index contributed by atoms with van der Waals surface area (Å²) in [6.07, 6.45) is 1.40. The lowest BCUT2D eigenvalue weighted by Crippen LogP contribution is -2.15. The zero-order valence-corrected chi connectivity index (χ0v) is 11.0. The van der Waals surface area contributed by atoms with Crippen LogP contribution in [0.1, 0.15) is 31.4 Å². The van der Waals surface area contributed by atoms with Crippen molar-refractivity contribution in [2.75, 3.05) is 27.2 Å². The monoisotopic (exact) mass is 237 g/mol. The number of hydrogen-bond acceptors (Lipinski definition) is 3. The third-order valence-electron chi connectivity index (χ3n) is 2.67. The summed E-state index contributed by atoms with van der Waals surface area (Å²) in [7, 11) is 4.11. The highest BCUT2D eigenvalue weighted by Gasteiger charge is 2.04. The van der Waals surface area contributed by atoms with Crippen LogP contribution in [-0.4, -0.2) is 37.3 Å². The molecule has 0 saturated heterocycles. The number of nitrogens with zero attached hydrogens (tertiary/aromatic N) is 1. The maximum atomic E-state index is 9.65. The van der Waals surface area contributed by atoms with Gasteiger partial charge >= 0.3 is 0 Å². The van der Waals surface area contributed by atoms with Crippen molar-refractivity contribution in [1.29, 1.82) is 0 Å². The van der Waals surface area contributed by atoms with Gasteiger partial charge in [0.2, 0.25) is 0 Å². The SMILES string of the molecule is CCC(O)c1ccc(OCCCN(C)C)cc1. The van der Waals surface area contributed by atoms with E-state index in [4.69, 9.17) is 4.74 Å². The molecule has 1 unspecified atom stereocenters. The van der Waals surface area contributed by atoms with Crippen LogP contribution in [0.2, 0.25) is 0 Å². The molecule has 1 N–H and O–H groups in total. The van der Waals surface area contributed by atoms with Crippen LogP contribution in [0.15, 0.2) is 24.3 Å². The number of benzene rings is 1.